The maximum Gasteiger partial charge on any atom is 0.269 e. The zero-order chi connectivity index (χ0) is 16.7. The van der Waals surface area contributed by atoms with Gasteiger partial charge in [-0.05, 0) is 37.3 Å². The lowest BCUT2D eigenvalue weighted by atomic mass is 10.1. The average molecular weight is 319 g/mol. The van der Waals surface area contributed by atoms with Crippen molar-refractivity contribution in [3.05, 3.63) is 29.6 Å². The van der Waals surface area contributed by atoms with E-state index in [4.69, 9.17) is 4.74 Å². The number of hydrogen-bond donors (Lipinski definition) is 2. The number of hydrogen-bond acceptors (Lipinski definition) is 4. The molecule has 1 fully saturated rings. The van der Waals surface area contributed by atoms with Crippen molar-refractivity contribution in [1.82, 2.24) is 15.6 Å². The molecule has 2 heterocycles. The lowest BCUT2D eigenvalue weighted by Crippen LogP contribution is -2.33. The van der Waals surface area contributed by atoms with Crippen LogP contribution in [0.5, 0.6) is 0 Å². The third-order valence-corrected chi connectivity index (χ3v) is 3.74. The van der Waals surface area contributed by atoms with Gasteiger partial charge in [0, 0.05) is 19.7 Å². The minimum atomic E-state index is -0.280. The van der Waals surface area contributed by atoms with E-state index in [0.29, 0.717) is 19.0 Å². The number of nitrogens with zero attached hydrogens (tertiary/aromatic N) is 1. The van der Waals surface area contributed by atoms with Crippen LogP contribution in [-0.4, -0.2) is 42.6 Å². The molecule has 126 valence electrons. The van der Waals surface area contributed by atoms with Gasteiger partial charge in [-0.15, -0.1) is 0 Å². The summed E-state index contributed by atoms with van der Waals surface area (Å²) in [4.78, 5) is 28.3. The van der Waals surface area contributed by atoms with E-state index in [1.807, 2.05) is 0 Å². The fraction of sp³-hybridized carbons (Fsp3) is 0.588. The van der Waals surface area contributed by atoms with Crippen LogP contribution in [0.1, 0.15) is 54.1 Å². The predicted molar refractivity (Wildman–Crippen MR) is 87.3 cm³/mol. The van der Waals surface area contributed by atoms with Crippen LogP contribution in [0, 0.1) is 5.92 Å². The van der Waals surface area contributed by atoms with Crippen molar-refractivity contribution in [1.29, 1.82) is 0 Å². The van der Waals surface area contributed by atoms with E-state index < -0.39 is 0 Å². The number of aromatic nitrogens is 1. The lowest BCUT2D eigenvalue weighted by Gasteiger charge is -2.11. The summed E-state index contributed by atoms with van der Waals surface area (Å²) in [5.74, 6) is -0.00469. The first-order chi connectivity index (χ1) is 11.1. The molecule has 6 heteroatoms. The molecule has 1 aromatic heterocycles. The number of carbonyl (C=O) groups excluding carboxylic acids is 2. The van der Waals surface area contributed by atoms with Crippen LogP contribution in [0.15, 0.2) is 18.2 Å². The first-order valence-electron chi connectivity index (χ1n) is 8.21. The highest BCUT2D eigenvalue weighted by atomic mass is 16.5. The third kappa shape index (κ3) is 5.63. The van der Waals surface area contributed by atoms with Crippen LogP contribution < -0.4 is 10.6 Å². The maximum atomic E-state index is 12.1. The smallest absolute Gasteiger partial charge is 0.269 e. The minimum absolute atomic E-state index is 0.0847. The lowest BCUT2D eigenvalue weighted by molar-refractivity contribution is 0.0853. The van der Waals surface area contributed by atoms with Crippen LogP contribution in [0.3, 0.4) is 0 Å². The second-order valence-electron chi connectivity index (χ2n) is 6.19. The number of pyridine rings is 1. The highest BCUT2D eigenvalue weighted by Crippen LogP contribution is 2.10. The van der Waals surface area contributed by atoms with Crippen LogP contribution in [-0.2, 0) is 4.74 Å². The molecule has 1 aliphatic rings. The van der Waals surface area contributed by atoms with Gasteiger partial charge in [-0.25, -0.2) is 4.98 Å². The van der Waals surface area contributed by atoms with Gasteiger partial charge in [0.05, 0.1) is 6.10 Å². The number of nitrogens with one attached hydrogen (secondary N) is 2. The molecule has 0 aromatic carbocycles. The van der Waals surface area contributed by atoms with Crippen LogP contribution in [0.25, 0.3) is 0 Å². The van der Waals surface area contributed by atoms with Gasteiger partial charge in [-0.3, -0.25) is 9.59 Å². The Morgan fingerprint density at radius 2 is 1.96 bits per heavy atom. The number of ether oxygens (including phenoxy) is 1. The molecule has 1 atom stereocenters. The summed E-state index contributed by atoms with van der Waals surface area (Å²) in [6.07, 6.45) is 2.99. The summed E-state index contributed by atoms with van der Waals surface area (Å²) in [6, 6.07) is 4.89. The molecule has 0 aliphatic carbocycles. The first kappa shape index (κ1) is 17.4. The van der Waals surface area contributed by atoms with Crippen molar-refractivity contribution in [3.63, 3.8) is 0 Å². The van der Waals surface area contributed by atoms with Gasteiger partial charge in [-0.2, -0.15) is 0 Å². The minimum Gasteiger partial charge on any atom is -0.376 e. The van der Waals surface area contributed by atoms with E-state index in [-0.39, 0.29) is 29.3 Å². The fourth-order valence-corrected chi connectivity index (χ4v) is 2.35. The van der Waals surface area contributed by atoms with Gasteiger partial charge in [-0.1, -0.05) is 19.9 Å². The Morgan fingerprint density at radius 3 is 2.57 bits per heavy atom. The molecule has 2 N–H and O–H groups in total. The van der Waals surface area contributed by atoms with Crippen molar-refractivity contribution in [2.75, 3.05) is 19.7 Å². The fourth-order valence-electron chi connectivity index (χ4n) is 2.35. The number of amides is 2. The number of rotatable bonds is 7. The van der Waals surface area contributed by atoms with Crippen molar-refractivity contribution >= 4 is 11.8 Å². The van der Waals surface area contributed by atoms with Crippen molar-refractivity contribution in [2.45, 2.75) is 39.2 Å². The highest BCUT2D eigenvalue weighted by molar-refractivity contribution is 5.96. The SMILES string of the molecule is CC(C)CCNC(=O)c1cccc(C(=O)NCC2CCCO2)n1. The topological polar surface area (TPSA) is 80.3 Å². The summed E-state index contributed by atoms with van der Waals surface area (Å²) in [5, 5.41) is 5.63. The van der Waals surface area contributed by atoms with Crippen LogP contribution >= 0.6 is 0 Å². The normalized spacial score (nSPS) is 17.3. The Balaban J connectivity index is 1.87. The monoisotopic (exact) mass is 319 g/mol. The molecular weight excluding hydrogens is 294 g/mol. The molecule has 2 amide bonds. The van der Waals surface area contributed by atoms with Gasteiger partial charge < -0.3 is 15.4 Å². The summed E-state index contributed by atoms with van der Waals surface area (Å²) in [6.45, 7) is 6.04. The van der Waals surface area contributed by atoms with E-state index in [2.05, 4.69) is 29.5 Å². The molecule has 0 saturated carbocycles. The van der Waals surface area contributed by atoms with E-state index in [9.17, 15) is 9.59 Å². The molecule has 0 bridgehead atoms. The Morgan fingerprint density at radius 1 is 1.26 bits per heavy atom. The Kier molecular flexibility index (Phi) is 6.52. The van der Waals surface area contributed by atoms with Gasteiger partial charge in [0.15, 0.2) is 0 Å². The third-order valence-electron chi connectivity index (χ3n) is 3.74. The molecule has 0 radical (unpaired) electrons. The van der Waals surface area contributed by atoms with E-state index in [0.717, 1.165) is 25.9 Å². The van der Waals surface area contributed by atoms with Crippen LogP contribution in [0.2, 0.25) is 0 Å². The zero-order valence-corrected chi connectivity index (χ0v) is 13.8. The highest BCUT2D eigenvalue weighted by Gasteiger charge is 2.17. The van der Waals surface area contributed by atoms with Crippen molar-refractivity contribution in [2.24, 2.45) is 5.92 Å². The molecule has 1 aromatic rings. The van der Waals surface area contributed by atoms with Gasteiger partial charge in [0.2, 0.25) is 0 Å². The van der Waals surface area contributed by atoms with E-state index in [1.54, 1.807) is 18.2 Å². The summed E-state index contributed by atoms with van der Waals surface area (Å²) in [7, 11) is 0. The molecule has 1 aliphatic heterocycles. The van der Waals surface area contributed by atoms with E-state index >= 15 is 0 Å². The predicted octanol–water partition coefficient (Wildman–Crippen LogP) is 1.77. The first-order valence-corrected chi connectivity index (χ1v) is 8.21. The summed E-state index contributed by atoms with van der Waals surface area (Å²) >= 11 is 0. The molecule has 1 saturated heterocycles. The van der Waals surface area contributed by atoms with E-state index in [1.165, 1.54) is 0 Å². The van der Waals surface area contributed by atoms with Crippen molar-refractivity contribution in [3.8, 4) is 0 Å². The second-order valence-corrected chi connectivity index (χ2v) is 6.19. The average Bonchev–Trinajstić information content (AvgIpc) is 3.05. The Hall–Kier alpha value is -1.95. The van der Waals surface area contributed by atoms with Crippen molar-refractivity contribution < 1.29 is 14.3 Å². The van der Waals surface area contributed by atoms with Gasteiger partial charge in [0.25, 0.3) is 11.8 Å². The number of carbonyl (C=O) groups is 2. The summed E-state index contributed by atoms with van der Waals surface area (Å²) in [5.41, 5.74) is 0.512. The molecule has 2 rings (SSSR count). The van der Waals surface area contributed by atoms with Crippen LogP contribution in [0.4, 0.5) is 0 Å². The largest absolute Gasteiger partial charge is 0.376 e. The molecular formula is C17H25N3O3. The molecule has 6 nitrogen and oxygen atoms in total. The zero-order valence-electron chi connectivity index (χ0n) is 13.8. The quantitative estimate of drug-likeness (QED) is 0.802. The summed E-state index contributed by atoms with van der Waals surface area (Å²) < 4.78 is 5.47. The molecule has 1 unspecified atom stereocenters. The maximum absolute atomic E-state index is 12.1. The standard InChI is InChI=1S/C17H25N3O3/c1-12(2)8-9-18-16(21)14-6-3-7-15(20-14)17(22)19-11-13-5-4-10-23-13/h3,6-7,12-13H,4-5,8-11H2,1-2H3,(H,18,21)(H,19,22). The Labute approximate surface area is 137 Å². The molecule has 0 spiro atoms. The second kappa shape index (κ2) is 8.62. The Bertz CT molecular complexity index is 540. The van der Waals surface area contributed by atoms with Gasteiger partial charge in [0.1, 0.15) is 11.4 Å². The van der Waals surface area contributed by atoms with Gasteiger partial charge >= 0.3 is 0 Å². The molecule has 23 heavy (non-hydrogen) atoms.